The van der Waals surface area contributed by atoms with Crippen molar-refractivity contribution in [2.24, 2.45) is 0 Å². The van der Waals surface area contributed by atoms with Crippen molar-refractivity contribution in [1.29, 1.82) is 0 Å². The van der Waals surface area contributed by atoms with Gasteiger partial charge in [-0.1, -0.05) is 12.1 Å². The van der Waals surface area contributed by atoms with E-state index < -0.39 is 6.03 Å². The number of carbonyl (C=O) groups is 2. The van der Waals surface area contributed by atoms with Gasteiger partial charge in [0.05, 0.1) is 41.1 Å². The zero-order valence-corrected chi connectivity index (χ0v) is 16.3. The molecule has 4 rings (SSSR count). The lowest BCUT2D eigenvalue weighted by atomic mass is 9.97. The van der Waals surface area contributed by atoms with E-state index in [9.17, 15) is 9.59 Å². The molecule has 0 spiro atoms. The van der Waals surface area contributed by atoms with Gasteiger partial charge >= 0.3 is 6.03 Å². The first-order valence-electron chi connectivity index (χ1n) is 9.46. The van der Waals surface area contributed by atoms with Crippen LogP contribution in [0, 0.1) is 0 Å². The number of fused-ring (bicyclic) bond motifs is 1. The van der Waals surface area contributed by atoms with Crippen LogP contribution in [0.4, 0.5) is 4.79 Å². The Morgan fingerprint density at radius 2 is 2.00 bits per heavy atom. The number of piperidine rings is 1. The van der Waals surface area contributed by atoms with Gasteiger partial charge in [0.2, 0.25) is 0 Å². The second kappa shape index (κ2) is 8.53. The van der Waals surface area contributed by atoms with Crippen molar-refractivity contribution in [2.45, 2.75) is 25.3 Å². The van der Waals surface area contributed by atoms with Crippen LogP contribution in [-0.4, -0.2) is 36.6 Å². The number of urea groups is 1. The molecule has 0 radical (unpaired) electrons. The largest absolute Gasteiger partial charge is 0.467 e. The molecule has 3 amide bonds. The fourth-order valence-corrected chi connectivity index (χ4v) is 4.67. The lowest BCUT2D eigenvalue weighted by molar-refractivity contribution is -0.897. The summed E-state index contributed by atoms with van der Waals surface area (Å²) >= 11 is 1.77. The minimum Gasteiger partial charge on any atom is -0.467 e. The number of rotatable bonds is 5. The number of thiazole rings is 1. The summed E-state index contributed by atoms with van der Waals surface area (Å²) in [5, 5.41) is 6.20. The molecule has 1 aromatic carbocycles. The van der Waals surface area contributed by atoms with Gasteiger partial charge in [-0.15, -0.1) is 11.3 Å². The summed E-state index contributed by atoms with van der Waals surface area (Å²) in [5.41, 5.74) is 1.07. The minimum absolute atomic E-state index is 0.256. The predicted octanol–water partition coefficient (Wildman–Crippen LogP) is 1.68. The number of amides is 3. The molecule has 146 valence electrons. The molecule has 0 unspecified atom stereocenters. The van der Waals surface area contributed by atoms with Gasteiger partial charge in [-0.2, -0.15) is 0 Å². The molecule has 3 heterocycles. The van der Waals surface area contributed by atoms with Gasteiger partial charge in [0, 0.05) is 18.8 Å². The predicted molar refractivity (Wildman–Crippen MR) is 106 cm³/mol. The maximum atomic E-state index is 12.1. The van der Waals surface area contributed by atoms with Crippen LogP contribution in [0.5, 0.6) is 0 Å². The summed E-state index contributed by atoms with van der Waals surface area (Å²) in [6, 6.07) is 11.2. The molecule has 2 aromatic heterocycles. The number of hydrogen-bond acceptors (Lipinski definition) is 5. The number of benzene rings is 1. The number of nitrogens with zero attached hydrogens (tertiary/aromatic N) is 1. The van der Waals surface area contributed by atoms with E-state index in [1.165, 1.54) is 14.6 Å². The molecule has 1 aliphatic heterocycles. The zero-order valence-electron chi connectivity index (χ0n) is 15.4. The van der Waals surface area contributed by atoms with Gasteiger partial charge in [-0.05, 0) is 24.3 Å². The van der Waals surface area contributed by atoms with Crippen LogP contribution in [0.1, 0.15) is 29.5 Å². The first-order chi connectivity index (χ1) is 13.7. The van der Waals surface area contributed by atoms with E-state index >= 15 is 0 Å². The molecule has 0 bridgehead atoms. The first kappa shape index (κ1) is 18.6. The molecule has 3 aromatic rings. The lowest BCUT2D eigenvalue weighted by Crippen LogP contribution is -3.14. The third kappa shape index (κ3) is 4.58. The average Bonchev–Trinajstić information content (AvgIpc) is 3.36. The molecule has 1 fully saturated rings. The highest BCUT2D eigenvalue weighted by Gasteiger charge is 2.27. The molecule has 8 heteroatoms. The minimum atomic E-state index is -0.495. The van der Waals surface area contributed by atoms with Crippen LogP contribution < -0.4 is 15.5 Å². The molecule has 1 aliphatic rings. The van der Waals surface area contributed by atoms with Crippen molar-refractivity contribution in [3.05, 3.63) is 53.4 Å². The van der Waals surface area contributed by atoms with Gasteiger partial charge in [-0.3, -0.25) is 10.1 Å². The summed E-state index contributed by atoms with van der Waals surface area (Å²) in [6.45, 7) is 2.37. The van der Waals surface area contributed by atoms with Crippen molar-refractivity contribution in [1.82, 2.24) is 15.6 Å². The molecule has 0 atom stereocenters. The van der Waals surface area contributed by atoms with Crippen molar-refractivity contribution >= 4 is 33.5 Å². The Hall–Kier alpha value is -2.71. The first-order valence-corrected chi connectivity index (χ1v) is 10.3. The molecular weight excluding hydrogens is 376 g/mol. The number of para-hydroxylation sites is 1. The van der Waals surface area contributed by atoms with Crippen molar-refractivity contribution in [3.63, 3.8) is 0 Å². The Balaban J connectivity index is 1.21. The highest BCUT2D eigenvalue weighted by molar-refractivity contribution is 7.18. The van der Waals surface area contributed by atoms with Gasteiger partial charge in [0.1, 0.15) is 5.76 Å². The lowest BCUT2D eigenvalue weighted by Gasteiger charge is -2.27. The monoisotopic (exact) mass is 399 g/mol. The van der Waals surface area contributed by atoms with E-state index in [0.29, 0.717) is 18.2 Å². The van der Waals surface area contributed by atoms with Crippen LogP contribution in [0.2, 0.25) is 0 Å². The Morgan fingerprint density at radius 3 is 2.75 bits per heavy atom. The molecule has 3 N–H and O–H groups in total. The Morgan fingerprint density at radius 1 is 1.18 bits per heavy atom. The van der Waals surface area contributed by atoms with Gasteiger partial charge in [-0.25, -0.2) is 9.78 Å². The molecule has 28 heavy (non-hydrogen) atoms. The molecule has 7 nitrogen and oxygen atoms in total. The summed E-state index contributed by atoms with van der Waals surface area (Å²) in [6.07, 6.45) is 3.56. The van der Waals surface area contributed by atoms with Crippen molar-refractivity contribution in [3.8, 4) is 0 Å². The fourth-order valence-electron chi connectivity index (χ4n) is 3.54. The number of quaternary nitrogens is 1. The van der Waals surface area contributed by atoms with E-state index in [2.05, 4.69) is 22.8 Å². The normalized spacial score (nSPS) is 19.4. The smallest absolute Gasteiger partial charge is 0.321 e. The number of likely N-dealkylation sites (tertiary alicyclic amines) is 1. The molecule has 1 saturated heterocycles. The number of carbonyl (C=O) groups excluding carboxylic acids is 2. The van der Waals surface area contributed by atoms with Crippen LogP contribution in [0.3, 0.4) is 0 Å². The molecule has 0 aliphatic carbocycles. The Labute approximate surface area is 166 Å². The van der Waals surface area contributed by atoms with Crippen molar-refractivity contribution in [2.75, 3.05) is 19.6 Å². The second-order valence-corrected chi connectivity index (χ2v) is 8.09. The zero-order chi connectivity index (χ0) is 19.3. The number of imide groups is 1. The van der Waals surface area contributed by atoms with E-state index in [-0.39, 0.29) is 12.5 Å². The van der Waals surface area contributed by atoms with Crippen molar-refractivity contribution < 1.29 is 18.9 Å². The summed E-state index contributed by atoms with van der Waals surface area (Å²) in [5.74, 6) is 0.844. The van der Waals surface area contributed by atoms with Gasteiger partial charge in [0.15, 0.2) is 6.54 Å². The number of aromatic nitrogens is 1. The molecular formula is C20H23N4O3S+. The van der Waals surface area contributed by atoms with E-state index in [0.717, 1.165) is 31.4 Å². The summed E-state index contributed by atoms with van der Waals surface area (Å²) < 4.78 is 6.37. The summed E-state index contributed by atoms with van der Waals surface area (Å²) in [7, 11) is 0. The topological polar surface area (TPSA) is 88.7 Å². The van der Waals surface area contributed by atoms with Gasteiger partial charge < -0.3 is 14.6 Å². The average molecular weight is 399 g/mol. The third-order valence-corrected chi connectivity index (χ3v) is 6.22. The van der Waals surface area contributed by atoms with Gasteiger partial charge in [0.25, 0.3) is 5.91 Å². The van der Waals surface area contributed by atoms with Crippen LogP contribution >= 0.6 is 11.3 Å². The quantitative estimate of drug-likeness (QED) is 0.609. The van der Waals surface area contributed by atoms with E-state index in [4.69, 9.17) is 9.40 Å². The molecule has 0 saturated carbocycles. The van der Waals surface area contributed by atoms with Crippen LogP contribution in [0.15, 0.2) is 47.1 Å². The highest BCUT2D eigenvalue weighted by atomic mass is 32.1. The SMILES string of the molecule is O=C(C[NH+]1CCC(c2nc3ccccc3s2)CC1)NC(=O)NCc1ccco1. The maximum absolute atomic E-state index is 12.1. The number of nitrogens with one attached hydrogen (secondary N) is 3. The fraction of sp³-hybridized carbons (Fsp3) is 0.350. The highest BCUT2D eigenvalue weighted by Crippen LogP contribution is 2.31. The van der Waals surface area contributed by atoms with Crippen LogP contribution in [0.25, 0.3) is 10.2 Å². The second-order valence-electron chi connectivity index (χ2n) is 7.03. The Kier molecular flexibility index (Phi) is 5.68. The standard InChI is InChI=1S/C20H22N4O3S/c25-18(23-20(26)21-12-15-4-3-11-27-15)13-24-9-7-14(8-10-24)19-22-16-5-1-2-6-17(16)28-19/h1-6,11,14H,7-10,12-13H2,(H2,21,23,25,26)/p+1. The Bertz CT molecular complexity index is 912. The third-order valence-electron chi connectivity index (χ3n) is 5.02. The number of hydrogen-bond donors (Lipinski definition) is 3. The van der Waals surface area contributed by atoms with Crippen LogP contribution in [-0.2, 0) is 11.3 Å². The summed E-state index contributed by atoms with van der Waals surface area (Å²) in [4.78, 5) is 29.9. The number of furan rings is 1. The van der Waals surface area contributed by atoms with E-state index in [1.54, 1.807) is 29.7 Å². The van der Waals surface area contributed by atoms with E-state index in [1.807, 2.05) is 12.1 Å². The maximum Gasteiger partial charge on any atom is 0.321 e.